The van der Waals surface area contributed by atoms with Crippen molar-refractivity contribution in [3.8, 4) is 57.5 Å². The van der Waals surface area contributed by atoms with Gasteiger partial charge in [0, 0.05) is 0 Å². The van der Waals surface area contributed by atoms with E-state index in [1.165, 1.54) is 0 Å². The molecule has 0 aliphatic heterocycles. The molecule has 0 aliphatic rings. The molecule has 6 aromatic rings. The van der Waals surface area contributed by atoms with Crippen molar-refractivity contribution in [1.29, 1.82) is 0 Å². The third-order valence-electron chi connectivity index (χ3n) is 8.30. The predicted octanol–water partition coefficient (Wildman–Crippen LogP) is 12.5. The summed E-state index contributed by atoms with van der Waals surface area (Å²) >= 11 is 0. The van der Waals surface area contributed by atoms with E-state index in [4.69, 9.17) is 35.2 Å². The van der Waals surface area contributed by atoms with E-state index in [0.29, 0.717) is 45.9 Å². The molecule has 0 spiro atoms. The van der Waals surface area contributed by atoms with E-state index in [2.05, 4.69) is 26.0 Å². The Hall–Kier alpha value is -6.08. The van der Waals surface area contributed by atoms with Crippen molar-refractivity contribution >= 4 is 11.4 Å². The van der Waals surface area contributed by atoms with Gasteiger partial charge >= 0.3 is 0 Å². The molecule has 0 atom stereocenters. The number of nitrogen functional groups attached to an aromatic ring is 2. The van der Waals surface area contributed by atoms with E-state index < -0.39 is 0 Å². The molecule has 260 valence electrons. The normalized spacial score (nSPS) is 10.8. The zero-order chi connectivity index (χ0) is 35.4. The van der Waals surface area contributed by atoms with Crippen molar-refractivity contribution in [2.24, 2.45) is 0 Å². The van der Waals surface area contributed by atoms with E-state index in [1.54, 1.807) is 0 Å². The van der Waals surface area contributed by atoms with Crippen molar-refractivity contribution in [2.75, 3.05) is 11.5 Å². The zero-order valence-corrected chi connectivity index (χ0v) is 29.1. The number of unbranched alkanes of at least 4 members (excludes halogenated alkanes) is 2. The molecular formula is C44H44N2O5. The molecule has 0 heterocycles. The fraction of sp³-hybridized carbons (Fsp3) is 0.182. The maximum absolute atomic E-state index is 6.43. The molecule has 0 unspecified atom stereocenters. The molecule has 7 nitrogen and oxygen atoms in total. The Morgan fingerprint density at radius 2 is 0.706 bits per heavy atom. The lowest BCUT2D eigenvalue weighted by Gasteiger charge is -2.16. The molecule has 0 fully saturated rings. The lowest BCUT2D eigenvalue weighted by molar-refractivity contribution is 0.453. The molecule has 0 saturated carbocycles. The molecule has 6 rings (SSSR count). The molecule has 0 aromatic heterocycles. The maximum Gasteiger partial charge on any atom is 0.150 e. The van der Waals surface area contributed by atoms with Gasteiger partial charge in [-0.1, -0.05) is 51.0 Å². The highest BCUT2D eigenvalue weighted by Gasteiger charge is 2.12. The molecule has 0 amide bonds. The number of hydrogen-bond donors (Lipinski definition) is 2. The van der Waals surface area contributed by atoms with Gasteiger partial charge in [-0.05, 0) is 146 Å². The molecule has 0 bridgehead atoms. The largest absolute Gasteiger partial charge is 0.457 e. The first-order valence-electron chi connectivity index (χ1n) is 17.5. The second kappa shape index (κ2) is 17.0. The molecular weight excluding hydrogens is 636 g/mol. The molecule has 7 heteroatoms. The van der Waals surface area contributed by atoms with Gasteiger partial charge in [-0.3, -0.25) is 0 Å². The standard InChI is InChI=1S/C44H44N2O5/c1-3-5-11-31-29-37(25-27-41(31)48-33-17-21-35(22-18-33)50-43-15-9-7-13-39(43)45)47-38-26-28-42(32(30-38)12-6-4-2)49-34-19-23-36(24-20-34)51-44-16-10-8-14-40(44)46/h7-10,13-30H,3-6,11-12,45-46H2,1-2H3. The molecule has 0 saturated heterocycles. The predicted molar refractivity (Wildman–Crippen MR) is 205 cm³/mol. The van der Waals surface area contributed by atoms with E-state index in [-0.39, 0.29) is 0 Å². The Morgan fingerprint density at radius 3 is 1.06 bits per heavy atom. The fourth-order valence-corrected chi connectivity index (χ4v) is 5.51. The van der Waals surface area contributed by atoms with Gasteiger partial charge in [0.05, 0.1) is 11.4 Å². The highest BCUT2D eigenvalue weighted by Crippen LogP contribution is 2.37. The van der Waals surface area contributed by atoms with Crippen LogP contribution >= 0.6 is 0 Å². The quantitative estimate of drug-likeness (QED) is 0.0982. The third-order valence-corrected chi connectivity index (χ3v) is 8.30. The van der Waals surface area contributed by atoms with Gasteiger partial charge in [-0.2, -0.15) is 0 Å². The second-order valence-corrected chi connectivity index (χ2v) is 12.3. The van der Waals surface area contributed by atoms with Crippen molar-refractivity contribution in [1.82, 2.24) is 0 Å². The van der Waals surface area contributed by atoms with Gasteiger partial charge in [0.1, 0.15) is 57.5 Å². The summed E-state index contributed by atoms with van der Waals surface area (Å²) < 4.78 is 31.0. The first-order chi connectivity index (χ1) is 25.0. The summed E-state index contributed by atoms with van der Waals surface area (Å²) in [6.45, 7) is 4.37. The lowest BCUT2D eigenvalue weighted by atomic mass is 10.1. The van der Waals surface area contributed by atoms with E-state index in [0.717, 1.165) is 72.6 Å². The lowest BCUT2D eigenvalue weighted by Crippen LogP contribution is -1.96. The van der Waals surface area contributed by atoms with Gasteiger partial charge in [-0.15, -0.1) is 0 Å². The summed E-state index contributed by atoms with van der Waals surface area (Å²) in [5.74, 6) is 7.14. The van der Waals surface area contributed by atoms with Gasteiger partial charge in [0.2, 0.25) is 0 Å². The Labute approximate surface area is 300 Å². The second-order valence-electron chi connectivity index (χ2n) is 12.3. The van der Waals surface area contributed by atoms with Gasteiger partial charge in [-0.25, -0.2) is 0 Å². The summed E-state index contributed by atoms with van der Waals surface area (Å²) in [4.78, 5) is 0. The van der Waals surface area contributed by atoms with Crippen LogP contribution in [0.25, 0.3) is 0 Å². The van der Waals surface area contributed by atoms with Gasteiger partial charge < -0.3 is 35.2 Å². The number of para-hydroxylation sites is 4. The minimum absolute atomic E-state index is 0.588. The Morgan fingerprint density at radius 1 is 0.373 bits per heavy atom. The molecule has 51 heavy (non-hydrogen) atoms. The van der Waals surface area contributed by atoms with Crippen molar-refractivity contribution in [3.05, 3.63) is 145 Å². The van der Waals surface area contributed by atoms with E-state index in [9.17, 15) is 0 Å². The number of aryl methyl sites for hydroxylation is 2. The Bertz CT molecular complexity index is 1880. The topological polar surface area (TPSA) is 98.2 Å². The molecule has 0 aliphatic carbocycles. The first kappa shape index (κ1) is 34.8. The van der Waals surface area contributed by atoms with Crippen molar-refractivity contribution < 1.29 is 23.7 Å². The number of benzene rings is 6. The monoisotopic (exact) mass is 680 g/mol. The van der Waals surface area contributed by atoms with Gasteiger partial charge in [0.25, 0.3) is 0 Å². The van der Waals surface area contributed by atoms with Crippen LogP contribution in [-0.2, 0) is 12.8 Å². The van der Waals surface area contributed by atoms with Crippen LogP contribution in [0.15, 0.2) is 133 Å². The number of anilines is 2. The van der Waals surface area contributed by atoms with Crippen molar-refractivity contribution in [3.63, 3.8) is 0 Å². The molecule has 6 aromatic carbocycles. The average molecular weight is 681 g/mol. The average Bonchev–Trinajstić information content (AvgIpc) is 3.15. The highest BCUT2D eigenvalue weighted by molar-refractivity contribution is 5.55. The van der Waals surface area contributed by atoms with Gasteiger partial charge in [0.15, 0.2) is 0 Å². The highest BCUT2D eigenvalue weighted by atomic mass is 16.5. The van der Waals surface area contributed by atoms with Crippen LogP contribution in [-0.4, -0.2) is 0 Å². The minimum atomic E-state index is 0.588. The van der Waals surface area contributed by atoms with E-state index in [1.807, 2.05) is 121 Å². The SMILES string of the molecule is CCCCc1cc(Oc2ccc(Oc3ccc(Oc4ccccc4N)cc3)c(CCCC)c2)ccc1Oc1ccc(Oc2ccccc2N)cc1. The molecule has 0 radical (unpaired) electrons. The summed E-state index contributed by atoms with van der Waals surface area (Å²) in [6, 6.07) is 41.9. The minimum Gasteiger partial charge on any atom is -0.457 e. The summed E-state index contributed by atoms with van der Waals surface area (Å²) in [5.41, 5.74) is 15.4. The Kier molecular flexibility index (Phi) is 11.6. The smallest absolute Gasteiger partial charge is 0.150 e. The third kappa shape index (κ3) is 9.55. The van der Waals surface area contributed by atoms with Crippen LogP contribution in [0.1, 0.15) is 50.7 Å². The summed E-state index contributed by atoms with van der Waals surface area (Å²) in [7, 11) is 0. The van der Waals surface area contributed by atoms with Crippen molar-refractivity contribution in [2.45, 2.75) is 52.4 Å². The van der Waals surface area contributed by atoms with Crippen LogP contribution in [0.5, 0.6) is 57.5 Å². The first-order valence-corrected chi connectivity index (χ1v) is 17.5. The molecule has 4 N–H and O–H groups in total. The van der Waals surface area contributed by atoms with Crippen LogP contribution in [0.2, 0.25) is 0 Å². The van der Waals surface area contributed by atoms with Crippen LogP contribution < -0.4 is 35.2 Å². The van der Waals surface area contributed by atoms with Crippen LogP contribution in [0.3, 0.4) is 0 Å². The number of hydrogen-bond acceptors (Lipinski definition) is 7. The maximum atomic E-state index is 6.43. The number of ether oxygens (including phenoxy) is 5. The summed E-state index contributed by atoms with van der Waals surface area (Å²) in [5, 5.41) is 0. The Balaban J connectivity index is 1.14. The van der Waals surface area contributed by atoms with E-state index >= 15 is 0 Å². The van der Waals surface area contributed by atoms with Crippen LogP contribution in [0, 0.1) is 0 Å². The fourth-order valence-electron chi connectivity index (χ4n) is 5.51. The van der Waals surface area contributed by atoms with Crippen LogP contribution in [0.4, 0.5) is 11.4 Å². The number of rotatable bonds is 16. The number of nitrogens with two attached hydrogens (primary N) is 2. The zero-order valence-electron chi connectivity index (χ0n) is 29.1. The summed E-state index contributed by atoms with van der Waals surface area (Å²) in [6.07, 6.45) is 5.94.